The third-order valence-corrected chi connectivity index (χ3v) is 3.56. The highest BCUT2D eigenvalue weighted by Gasteiger charge is 2.18. The van der Waals surface area contributed by atoms with Gasteiger partial charge in [-0.2, -0.15) is 0 Å². The van der Waals surface area contributed by atoms with Crippen molar-refractivity contribution in [3.05, 3.63) is 71.3 Å². The molecule has 0 amide bonds. The summed E-state index contributed by atoms with van der Waals surface area (Å²) in [4.78, 5) is 4.74. The lowest BCUT2D eigenvalue weighted by molar-refractivity contribution is 1.07. The molecule has 3 rings (SSSR count). The van der Waals surface area contributed by atoms with E-state index in [2.05, 4.69) is 55.2 Å². The Kier molecular flexibility index (Phi) is 4.17. The second kappa shape index (κ2) is 6.41. The van der Waals surface area contributed by atoms with Gasteiger partial charge >= 0.3 is 0 Å². The average Bonchev–Trinajstić information content (AvgIpc) is 3.34. The van der Waals surface area contributed by atoms with Crippen molar-refractivity contribution in [3.8, 4) is 11.8 Å². The van der Waals surface area contributed by atoms with Gasteiger partial charge in [0, 0.05) is 11.5 Å². The molecule has 0 spiro atoms. The maximum Gasteiger partial charge on any atom is 0.115 e. The third kappa shape index (κ3) is 4.07. The minimum Gasteiger partial charge on any atom is -0.271 e. The Morgan fingerprint density at radius 2 is 1.76 bits per heavy atom. The summed E-state index contributed by atoms with van der Waals surface area (Å²) >= 11 is 0. The summed E-state index contributed by atoms with van der Waals surface area (Å²) in [7, 11) is 0. The van der Waals surface area contributed by atoms with E-state index in [1.54, 1.807) is 0 Å². The first-order valence-corrected chi connectivity index (χ1v) is 7.48. The van der Waals surface area contributed by atoms with Crippen molar-refractivity contribution >= 4 is 5.71 Å². The van der Waals surface area contributed by atoms with Gasteiger partial charge in [0.15, 0.2) is 0 Å². The monoisotopic (exact) mass is 273 g/mol. The smallest absolute Gasteiger partial charge is 0.115 e. The zero-order valence-corrected chi connectivity index (χ0v) is 12.3. The van der Waals surface area contributed by atoms with Crippen molar-refractivity contribution in [2.45, 2.75) is 26.3 Å². The average molecular weight is 273 g/mol. The van der Waals surface area contributed by atoms with Crippen LogP contribution in [0.15, 0.2) is 59.6 Å². The number of hydrogen-bond donors (Lipinski definition) is 0. The molecular formula is C20H19N. The second-order valence-corrected chi connectivity index (χ2v) is 5.56. The SMILES string of the molecule is Cc1ccc(CN=C(C#CC2CC2)c2ccccc2)cc1. The van der Waals surface area contributed by atoms with E-state index in [1.807, 2.05) is 18.2 Å². The van der Waals surface area contributed by atoms with E-state index in [9.17, 15) is 0 Å². The molecule has 2 aromatic rings. The van der Waals surface area contributed by atoms with Crippen molar-refractivity contribution in [3.63, 3.8) is 0 Å². The second-order valence-electron chi connectivity index (χ2n) is 5.56. The molecule has 0 N–H and O–H groups in total. The molecule has 0 atom stereocenters. The first kappa shape index (κ1) is 13.6. The Morgan fingerprint density at radius 1 is 1.05 bits per heavy atom. The highest BCUT2D eigenvalue weighted by Crippen LogP contribution is 2.27. The molecule has 0 heterocycles. The van der Waals surface area contributed by atoms with Gasteiger partial charge in [-0.1, -0.05) is 66.1 Å². The van der Waals surface area contributed by atoms with Crippen LogP contribution in [-0.2, 0) is 6.54 Å². The molecule has 0 bridgehead atoms. The zero-order valence-electron chi connectivity index (χ0n) is 12.3. The summed E-state index contributed by atoms with van der Waals surface area (Å²) in [6.45, 7) is 2.79. The summed E-state index contributed by atoms with van der Waals surface area (Å²) < 4.78 is 0. The molecule has 104 valence electrons. The quantitative estimate of drug-likeness (QED) is 0.580. The molecule has 1 heteroatoms. The lowest BCUT2D eigenvalue weighted by Crippen LogP contribution is -1.98. The standard InChI is InChI=1S/C20H19N/c1-16-7-9-18(10-8-16)15-21-20(14-13-17-11-12-17)19-5-3-2-4-6-19/h2-10,17H,11-12,15H2,1H3. The van der Waals surface area contributed by atoms with Crippen molar-refractivity contribution in [2.24, 2.45) is 10.9 Å². The fraction of sp³-hybridized carbons (Fsp3) is 0.250. The molecule has 0 aliphatic heterocycles. The molecule has 1 aliphatic carbocycles. The first-order chi connectivity index (χ1) is 10.3. The van der Waals surface area contributed by atoms with Crippen LogP contribution in [0.25, 0.3) is 0 Å². The van der Waals surface area contributed by atoms with E-state index in [0.29, 0.717) is 12.5 Å². The van der Waals surface area contributed by atoms with Gasteiger partial charge in [0.05, 0.1) is 6.54 Å². The summed E-state index contributed by atoms with van der Waals surface area (Å²) in [5.41, 5.74) is 4.52. The Labute approximate surface area is 126 Å². The molecule has 1 aliphatic rings. The number of rotatable bonds is 3. The molecule has 0 aromatic heterocycles. The van der Waals surface area contributed by atoms with E-state index in [-0.39, 0.29) is 0 Å². The van der Waals surface area contributed by atoms with Crippen LogP contribution in [0.2, 0.25) is 0 Å². The molecule has 0 saturated heterocycles. The van der Waals surface area contributed by atoms with Crippen LogP contribution >= 0.6 is 0 Å². The van der Waals surface area contributed by atoms with Crippen molar-refractivity contribution in [1.29, 1.82) is 0 Å². The van der Waals surface area contributed by atoms with Crippen LogP contribution in [0.4, 0.5) is 0 Å². The highest BCUT2D eigenvalue weighted by atomic mass is 14.7. The Balaban J connectivity index is 1.82. The number of aryl methyl sites for hydroxylation is 1. The van der Waals surface area contributed by atoms with Gasteiger partial charge in [-0.15, -0.1) is 0 Å². The molecule has 1 nitrogen and oxygen atoms in total. The van der Waals surface area contributed by atoms with Gasteiger partial charge in [-0.3, -0.25) is 4.99 Å². The zero-order chi connectivity index (χ0) is 14.5. The first-order valence-electron chi connectivity index (χ1n) is 7.48. The summed E-state index contributed by atoms with van der Waals surface area (Å²) in [5, 5.41) is 0. The fourth-order valence-electron chi connectivity index (χ4n) is 2.06. The molecule has 21 heavy (non-hydrogen) atoms. The van der Waals surface area contributed by atoms with Gasteiger partial charge in [0.25, 0.3) is 0 Å². The van der Waals surface area contributed by atoms with Crippen LogP contribution in [0.3, 0.4) is 0 Å². The number of benzene rings is 2. The molecule has 0 unspecified atom stereocenters. The number of nitrogens with zero attached hydrogens (tertiary/aromatic N) is 1. The van der Waals surface area contributed by atoms with E-state index < -0.39 is 0 Å². The normalized spacial score (nSPS) is 14.4. The lowest BCUT2D eigenvalue weighted by atomic mass is 10.1. The largest absolute Gasteiger partial charge is 0.271 e. The van der Waals surface area contributed by atoms with E-state index >= 15 is 0 Å². The fourth-order valence-corrected chi connectivity index (χ4v) is 2.06. The van der Waals surface area contributed by atoms with Gasteiger partial charge in [-0.25, -0.2) is 0 Å². The number of hydrogen-bond acceptors (Lipinski definition) is 1. The van der Waals surface area contributed by atoms with Crippen LogP contribution in [0, 0.1) is 24.7 Å². The topological polar surface area (TPSA) is 12.4 Å². The highest BCUT2D eigenvalue weighted by molar-refractivity contribution is 6.13. The summed E-state index contributed by atoms with van der Waals surface area (Å²) in [6, 6.07) is 18.8. The number of aliphatic imine (C=N–C) groups is 1. The van der Waals surface area contributed by atoms with Gasteiger partial charge in [-0.05, 0) is 31.2 Å². The Hall–Kier alpha value is -2.33. The minimum atomic E-state index is 0.596. The van der Waals surface area contributed by atoms with Crippen molar-refractivity contribution in [2.75, 3.05) is 0 Å². The maximum atomic E-state index is 4.74. The van der Waals surface area contributed by atoms with Crippen molar-refractivity contribution < 1.29 is 0 Å². The maximum absolute atomic E-state index is 4.74. The van der Waals surface area contributed by atoms with E-state index in [1.165, 1.54) is 24.0 Å². The van der Waals surface area contributed by atoms with Gasteiger partial charge < -0.3 is 0 Å². The predicted molar refractivity (Wildman–Crippen MR) is 88.4 cm³/mol. The van der Waals surface area contributed by atoms with Crippen LogP contribution < -0.4 is 0 Å². The van der Waals surface area contributed by atoms with E-state index in [4.69, 9.17) is 4.99 Å². The minimum absolute atomic E-state index is 0.596. The van der Waals surface area contributed by atoms with Crippen LogP contribution in [0.5, 0.6) is 0 Å². The third-order valence-electron chi connectivity index (χ3n) is 3.56. The van der Waals surface area contributed by atoms with Crippen LogP contribution in [-0.4, -0.2) is 5.71 Å². The lowest BCUT2D eigenvalue weighted by Gasteiger charge is -2.01. The summed E-state index contributed by atoms with van der Waals surface area (Å²) in [6.07, 6.45) is 2.49. The van der Waals surface area contributed by atoms with E-state index in [0.717, 1.165) is 11.3 Å². The molecule has 1 saturated carbocycles. The molecule has 1 fully saturated rings. The van der Waals surface area contributed by atoms with Crippen molar-refractivity contribution in [1.82, 2.24) is 0 Å². The van der Waals surface area contributed by atoms with Crippen LogP contribution in [0.1, 0.15) is 29.5 Å². The molecular weight excluding hydrogens is 254 g/mol. The summed E-state index contributed by atoms with van der Waals surface area (Å²) in [5.74, 6) is 7.20. The molecule has 0 radical (unpaired) electrons. The van der Waals surface area contributed by atoms with Gasteiger partial charge in [0.2, 0.25) is 0 Å². The Bertz CT molecular complexity index is 680. The molecule has 2 aromatic carbocycles. The predicted octanol–water partition coefficient (Wildman–Crippen LogP) is 4.40. The van der Waals surface area contributed by atoms with Gasteiger partial charge in [0.1, 0.15) is 5.71 Å². The Morgan fingerprint density at radius 3 is 2.43 bits per heavy atom.